The van der Waals surface area contributed by atoms with Gasteiger partial charge >= 0.3 is 0 Å². The van der Waals surface area contributed by atoms with Gasteiger partial charge in [0.05, 0.1) is 0 Å². The van der Waals surface area contributed by atoms with Crippen LogP contribution in [0, 0.1) is 5.41 Å². The second-order valence-corrected chi connectivity index (χ2v) is 6.43. The summed E-state index contributed by atoms with van der Waals surface area (Å²) in [6.07, 6.45) is 0. The molecule has 19 heavy (non-hydrogen) atoms. The Kier molecular flexibility index (Phi) is 3.95. The van der Waals surface area contributed by atoms with E-state index >= 15 is 0 Å². The second-order valence-electron chi connectivity index (χ2n) is 6.43. The summed E-state index contributed by atoms with van der Waals surface area (Å²) in [5, 5.41) is 3.53. The Morgan fingerprint density at radius 1 is 1.26 bits per heavy atom. The van der Waals surface area contributed by atoms with Crippen LogP contribution in [0.4, 0.5) is 0 Å². The second kappa shape index (κ2) is 5.33. The van der Waals surface area contributed by atoms with E-state index in [4.69, 9.17) is 0 Å². The molecule has 2 unspecified atom stereocenters. The Morgan fingerprint density at radius 2 is 1.89 bits per heavy atom. The molecule has 0 saturated carbocycles. The molecule has 0 aliphatic carbocycles. The van der Waals surface area contributed by atoms with Crippen LogP contribution in [0.2, 0.25) is 0 Å². The maximum Gasteiger partial charge on any atom is 0.228 e. The van der Waals surface area contributed by atoms with Gasteiger partial charge in [0.2, 0.25) is 5.91 Å². The topological polar surface area (TPSA) is 32.3 Å². The van der Waals surface area contributed by atoms with E-state index in [0.29, 0.717) is 0 Å². The first-order valence-electron chi connectivity index (χ1n) is 6.99. The predicted molar refractivity (Wildman–Crippen MR) is 77.8 cm³/mol. The molecule has 2 rings (SSSR count). The molecule has 104 valence electrons. The first-order chi connectivity index (χ1) is 8.89. The zero-order valence-electron chi connectivity index (χ0n) is 12.3. The highest BCUT2D eigenvalue weighted by Gasteiger charge is 2.34. The number of carbonyl (C=O) groups is 1. The zero-order valence-corrected chi connectivity index (χ0v) is 12.3. The zero-order chi connectivity index (χ0) is 14.0. The highest BCUT2D eigenvalue weighted by Crippen LogP contribution is 2.25. The molecule has 1 heterocycles. The van der Waals surface area contributed by atoms with Crippen molar-refractivity contribution in [1.82, 2.24) is 10.2 Å². The van der Waals surface area contributed by atoms with E-state index in [1.807, 2.05) is 43.9 Å². The standard InChI is InChI=1S/C16H24N2O/c1-12-10-17-14(13-8-6-5-7-9-13)11-18(12)15(19)16(2,3)4/h5-9,12,14,17H,10-11H2,1-4H3. The number of rotatable bonds is 1. The molecule has 1 amide bonds. The van der Waals surface area contributed by atoms with E-state index in [9.17, 15) is 4.79 Å². The predicted octanol–water partition coefficient (Wildman–Crippen LogP) is 2.59. The fraction of sp³-hybridized carbons (Fsp3) is 0.562. The van der Waals surface area contributed by atoms with Gasteiger partial charge in [0.25, 0.3) is 0 Å². The van der Waals surface area contributed by atoms with Crippen molar-refractivity contribution in [3.63, 3.8) is 0 Å². The third-order valence-corrected chi connectivity index (χ3v) is 3.68. The van der Waals surface area contributed by atoms with Crippen LogP contribution in [0.25, 0.3) is 0 Å². The molecule has 1 aliphatic heterocycles. The third-order valence-electron chi connectivity index (χ3n) is 3.68. The first-order valence-corrected chi connectivity index (χ1v) is 6.99. The molecule has 2 atom stereocenters. The van der Waals surface area contributed by atoms with Crippen molar-refractivity contribution < 1.29 is 4.79 Å². The summed E-state index contributed by atoms with van der Waals surface area (Å²) in [4.78, 5) is 14.5. The van der Waals surface area contributed by atoms with Gasteiger partial charge in [-0.3, -0.25) is 4.79 Å². The largest absolute Gasteiger partial charge is 0.336 e. The van der Waals surface area contributed by atoms with Gasteiger partial charge < -0.3 is 10.2 Å². The van der Waals surface area contributed by atoms with Gasteiger partial charge in [0.1, 0.15) is 0 Å². The quantitative estimate of drug-likeness (QED) is 0.842. The lowest BCUT2D eigenvalue weighted by molar-refractivity contribution is -0.143. The maximum atomic E-state index is 12.5. The van der Waals surface area contributed by atoms with Crippen molar-refractivity contribution in [3.05, 3.63) is 35.9 Å². The van der Waals surface area contributed by atoms with Crippen LogP contribution in [0.1, 0.15) is 39.3 Å². The molecule has 0 spiro atoms. The molecule has 1 fully saturated rings. The summed E-state index contributed by atoms with van der Waals surface area (Å²) in [5.41, 5.74) is 0.938. The minimum atomic E-state index is -0.313. The van der Waals surface area contributed by atoms with Crippen molar-refractivity contribution in [2.75, 3.05) is 13.1 Å². The summed E-state index contributed by atoms with van der Waals surface area (Å²) in [6, 6.07) is 10.8. The molecule has 0 radical (unpaired) electrons. The number of piperazine rings is 1. The van der Waals surface area contributed by atoms with Crippen LogP contribution in [-0.4, -0.2) is 29.9 Å². The van der Waals surface area contributed by atoms with Gasteiger partial charge in [0, 0.05) is 30.6 Å². The summed E-state index contributed by atoms with van der Waals surface area (Å²) < 4.78 is 0. The lowest BCUT2D eigenvalue weighted by Crippen LogP contribution is -2.56. The Balaban J connectivity index is 2.15. The number of nitrogens with one attached hydrogen (secondary N) is 1. The van der Waals surface area contributed by atoms with Gasteiger partial charge in [-0.15, -0.1) is 0 Å². The third kappa shape index (κ3) is 3.16. The maximum absolute atomic E-state index is 12.5. The number of amides is 1. The van der Waals surface area contributed by atoms with E-state index in [0.717, 1.165) is 13.1 Å². The molecule has 1 aromatic rings. The van der Waals surface area contributed by atoms with Crippen LogP contribution in [0.3, 0.4) is 0 Å². The summed E-state index contributed by atoms with van der Waals surface area (Å²) in [7, 11) is 0. The van der Waals surface area contributed by atoms with E-state index in [1.54, 1.807) is 0 Å². The van der Waals surface area contributed by atoms with Crippen molar-refractivity contribution in [2.24, 2.45) is 5.41 Å². The smallest absolute Gasteiger partial charge is 0.228 e. The number of hydrogen-bond acceptors (Lipinski definition) is 2. The fourth-order valence-electron chi connectivity index (χ4n) is 2.49. The van der Waals surface area contributed by atoms with Gasteiger partial charge in [-0.2, -0.15) is 0 Å². The van der Waals surface area contributed by atoms with E-state index in [1.165, 1.54) is 5.56 Å². The number of hydrogen-bond donors (Lipinski definition) is 1. The average Bonchev–Trinajstić information content (AvgIpc) is 2.38. The van der Waals surface area contributed by atoms with E-state index < -0.39 is 0 Å². The number of nitrogens with zero attached hydrogens (tertiary/aromatic N) is 1. The average molecular weight is 260 g/mol. The Hall–Kier alpha value is -1.35. The SMILES string of the molecule is CC1CNC(c2ccccc2)CN1C(=O)C(C)(C)C. The minimum Gasteiger partial charge on any atom is -0.336 e. The highest BCUT2D eigenvalue weighted by atomic mass is 16.2. The van der Waals surface area contributed by atoms with Crippen molar-refractivity contribution in [2.45, 2.75) is 39.8 Å². The van der Waals surface area contributed by atoms with Gasteiger partial charge in [-0.05, 0) is 12.5 Å². The molecule has 0 aromatic heterocycles. The molecular weight excluding hydrogens is 236 g/mol. The summed E-state index contributed by atoms with van der Waals surface area (Å²) >= 11 is 0. The molecule has 3 heteroatoms. The van der Waals surface area contributed by atoms with Gasteiger partial charge in [-0.1, -0.05) is 51.1 Å². The molecule has 1 aromatic carbocycles. The fourth-order valence-corrected chi connectivity index (χ4v) is 2.49. The van der Waals surface area contributed by atoms with Crippen LogP contribution >= 0.6 is 0 Å². The number of benzene rings is 1. The van der Waals surface area contributed by atoms with Crippen molar-refractivity contribution in [1.29, 1.82) is 0 Å². The van der Waals surface area contributed by atoms with Crippen molar-refractivity contribution >= 4 is 5.91 Å². The summed E-state index contributed by atoms with van der Waals surface area (Å²) in [6.45, 7) is 9.67. The molecule has 1 saturated heterocycles. The van der Waals surface area contributed by atoms with E-state index in [-0.39, 0.29) is 23.4 Å². The lowest BCUT2D eigenvalue weighted by atomic mass is 9.92. The first kappa shape index (κ1) is 14.1. The molecule has 1 N–H and O–H groups in total. The van der Waals surface area contributed by atoms with Crippen LogP contribution < -0.4 is 5.32 Å². The minimum absolute atomic E-state index is 0.238. The van der Waals surface area contributed by atoms with Crippen LogP contribution in [0.15, 0.2) is 30.3 Å². The highest BCUT2D eigenvalue weighted by molar-refractivity contribution is 5.82. The Bertz CT molecular complexity index is 436. The molecule has 1 aliphatic rings. The van der Waals surface area contributed by atoms with Crippen molar-refractivity contribution in [3.8, 4) is 0 Å². The summed E-state index contributed by atoms with van der Waals surface area (Å²) in [5.74, 6) is 0.238. The van der Waals surface area contributed by atoms with Gasteiger partial charge in [-0.25, -0.2) is 0 Å². The Labute approximate surface area is 116 Å². The Morgan fingerprint density at radius 3 is 2.47 bits per heavy atom. The van der Waals surface area contributed by atoms with Crippen LogP contribution in [-0.2, 0) is 4.79 Å². The lowest BCUT2D eigenvalue weighted by Gasteiger charge is -2.41. The molecule has 0 bridgehead atoms. The normalized spacial score (nSPS) is 24.3. The molecule has 3 nitrogen and oxygen atoms in total. The van der Waals surface area contributed by atoms with Gasteiger partial charge in [0.15, 0.2) is 0 Å². The molecular formula is C16H24N2O. The number of carbonyl (C=O) groups excluding carboxylic acids is 1. The van der Waals surface area contributed by atoms with E-state index in [2.05, 4.69) is 24.4 Å². The van der Waals surface area contributed by atoms with Crippen LogP contribution in [0.5, 0.6) is 0 Å². The monoisotopic (exact) mass is 260 g/mol.